The minimum atomic E-state index is -4.05. The van der Waals surface area contributed by atoms with Crippen molar-refractivity contribution in [1.29, 1.82) is 0 Å². The molecule has 3 nitrogen and oxygen atoms in total. The Labute approximate surface area is 100 Å². The van der Waals surface area contributed by atoms with Crippen LogP contribution in [0.25, 0.3) is 0 Å². The van der Waals surface area contributed by atoms with Crippen LogP contribution in [-0.4, -0.2) is 42.5 Å². The molecule has 0 fully saturated rings. The van der Waals surface area contributed by atoms with Gasteiger partial charge in [-0.3, -0.25) is 4.55 Å². The first-order valence-corrected chi connectivity index (χ1v) is 4.90. The predicted octanol–water partition coefficient (Wildman–Crippen LogP) is 0.902. The van der Waals surface area contributed by atoms with Crippen LogP contribution in [0.15, 0.2) is 23.1 Å². The summed E-state index contributed by atoms with van der Waals surface area (Å²) in [4.78, 5) is -0.0203. The van der Waals surface area contributed by atoms with Gasteiger partial charge in [0.05, 0.1) is 4.90 Å². The van der Waals surface area contributed by atoms with E-state index in [1.54, 1.807) is 19.1 Å². The Bertz CT molecular complexity index is 398. The third-order valence-corrected chi connectivity index (χ3v) is 2.62. The van der Waals surface area contributed by atoms with Crippen LogP contribution in [0.4, 0.5) is 0 Å². The van der Waals surface area contributed by atoms with Gasteiger partial charge in [0.1, 0.15) is 0 Å². The van der Waals surface area contributed by atoms with Crippen molar-refractivity contribution in [3.05, 3.63) is 29.3 Å². The molecule has 68 valence electrons. The fraction of sp³-hybridized carbons (Fsp3) is 0.250. The number of aryl methyl sites for hydroxylation is 2. The molecule has 1 aromatic rings. The molecule has 1 N–H and O–H groups in total. The summed E-state index contributed by atoms with van der Waals surface area (Å²) in [6.45, 7) is 3.51. The zero-order chi connectivity index (χ0) is 9.35. The van der Waals surface area contributed by atoms with Gasteiger partial charge in [0, 0.05) is 0 Å². The van der Waals surface area contributed by atoms with Gasteiger partial charge >= 0.3 is 29.6 Å². The molecule has 0 heterocycles. The van der Waals surface area contributed by atoms with E-state index in [1.165, 1.54) is 6.07 Å². The molecule has 0 saturated carbocycles. The predicted molar refractivity (Wildman–Crippen MR) is 52.9 cm³/mol. The summed E-state index contributed by atoms with van der Waals surface area (Å²) in [5.41, 5.74) is 1.54. The van der Waals surface area contributed by atoms with E-state index in [0.717, 1.165) is 5.56 Å². The van der Waals surface area contributed by atoms with Crippen LogP contribution < -0.4 is 0 Å². The Morgan fingerprint density at radius 2 is 1.77 bits per heavy atom. The van der Waals surface area contributed by atoms with Gasteiger partial charge in [-0.05, 0) is 25.5 Å². The molecule has 0 atom stereocenters. The van der Waals surface area contributed by atoms with E-state index in [2.05, 4.69) is 0 Å². The molecule has 0 aliphatic heterocycles. The zero-order valence-corrected chi connectivity index (χ0v) is 7.72. The van der Waals surface area contributed by atoms with E-state index >= 15 is 0 Å². The first-order chi connectivity index (χ1) is 5.41. The first kappa shape index (κ1) is 13.1. The summed E-state index contributed by atoms with van der Waals surface area (Å²) < 4.78 is 30.2. The average Bonchev–Trinajstić information content (AvgIpc) is 1.83. The van der Waals surface area contributed by atoms with Crippen molar-refractivity contribution >= 4 is 39.7 Å². The Morgan fingerprint density at radius 3 is 2.15 bits per heavy atom. The van der Waals surface area contributed by atoms with Gasteiger partial charge in [0.2, 0.25) is 0 Å². The molecule has 0 aromatic heterocycles. The monoisotopic (exact) mass is 210 g/mol. The van der Waals surface area contributed by atoms with Crippen LogP contribution in [0.1, 0.15) is 11.1 Å². The summed E-state index contributed by atoms with van der Waals surface area (Å²) in [6.07, 6.45) is 0. The molecule has 5 heteroatoms. The summed E-state index contributed by atoms with van der Waals surface area (Å²) in [5.74, 6) is 0. The zero-order valence-electron chi connectivity index (χ0n) is 6.90. The molecule has 0 unspecified atom stereocenters. The fourth-order valence-corrected chi connectivity index (χ4v) is 1.79. The quantitative estimate of drug-likeness (QED) is 0.553. The third kappa shape index (κ3) is 3.40. The van der Waals surface area contributed by atoms with Gasteiger partial charge in [-0.15, -0.1) is 0 Å². The SMILES string of the molecule is Cc1ccc(S(=O)(=O)O)c(C)c1.[NaH]. The molecule has 0 aliphatic carbocycles. The first-order valence-electron chi connectivity index (χ1n) is 3.46. The van der Waals surface area contributed by atoms with E-state index in [0.29, 0.717) is 5.56 Å². The summed E-state index contributed by atoms with van der Waals surface area (Å²) in [5, 5.41) is 0. The van der Waals surface area contributed by atoms with E-state index in [-0.39, 0.29) is 34.5 Å². The Morgan fingerprint density at radius 1 is 1.23 bits per heavy atom. The van der Waals surface area contributed by atoms with Crippen LogP contribution in [0, 0.1) is 13.8 Å². The molecule has 0 aliphatic rings. The van der Waals surface area contributed by atoms with Crippen LogP contribution in [-0.2, 0) is 10.1 Å². The number of rotatable bonds is 1. The van der Waals surface area contributed by atoms with Crippen molar-refractivity contribution in [3.8, 4) is 0 Å². The van der Waals surface area contributed by atoms with Crippen molar-refractivity contribution in [2.75, 3.05) is 0 Å². The van der Waals surface area contributed by atoms with Gasteiger partial charge in [-0.2, -0.15) is 8.42 Å². The van der Waals surface area contributed by atoms with Crippen LogP contribution in [0.2, 0.25) is 0 Å². The Hall–Kier alpha value is 0.130. The topological polar surface area (TPSA) is 54.4 Å². The van der Waals surface area contributed by atoms with Gasteiger partial charge in [-0.1, -0.05) is 17.7 Å². The van der Waals surface area contributed by atoms with E-state index in [1.807, 2.05) is 6.92 Å². The maximum absolute atomic E-state index is 10.7. The van der Waals surface area contributed by atoms with Gasteiger partial charge in [0.15, 0.2) is 0 Å². The standard InChI is InChI=1S/C8H10O3S.Na.H/c1-6-3-4-8(7(2)5-6)12(9,10)11;;/h3-5H,1-2H3,(H,9,10,11);;. The van der Waals surface area contributed by atoms with Crippen molar-refractivity contribution in [2.45, 2.75) is 18.7 Å². The fourth-order valence-electron chi connectivity index (χ4n) is 1.09. The molecule has 1 rings (SSSR count). The molecule has 13 heavy (non-hydrogen) atoms. The summed E-state index contributed by atoms with van der Waals surface area (Å²) in [6, 6.07) is 4.76. The molecule has 0 saturated heterocycles. The van der Waals surface area contributed by atoms with Crippen molar-refractivity contribution in [2.24, 2.45) is 0 Å². The Kier molecular flexibility index (Phi) is 4.62. The van der Waals surface area contributed by atoms with Crippen molar-refractivity contribution in [1.82, 2.24) is 0 Å². The van der Waals surface area contributed by atoms with E-state index < -0.39 is 10.1 Å². The number of hydrogen-bond donors (Lipinski definition) is 1. The minimum absolute atomic E-state index is 0. The molecule has 0 amide bonds. The number of benzene rings is 1. The number of hydrogen-bond acceptors (Lipinski definition) is 2. The van der Waals surface area contributed by atoms with Crippen LogP contribution >= 0.6 is 0 Å². The van der Waals surface area contributed by atoms with Gasteiger partial charge in [0.25, 0.3) is 10.1 Å². The maximum atomic E-state index is 10.7. The molecule has 0 radical (unpaired) electrons. The second kappa shape index (κ2) is 4.57. The average molecular weight is 210 g/mol. The molecular weight excluding hydrogens is 199 g/mol. The van der Waals surface area contributed by atoms with E-state index in [4.69, 9.17) is 4.55 Å². The second-order valence-corrected chi connectivity index (χ2v) is 4.13. The normalized spacial score (nSPS) is 10.7. The van der Waals surface area contributed by atoms with Crippen LogP contribution in [0.5, 0.6) is 0 Å². The van der Waals surface area contributed by atoms with Gasteiger partial charge in [-0.25, -0.2) is 0 Å². The van der Waals surface area contributed by atoms with Crippen molar-refractivity contribution < 1.29 is 13.0 Å². The third-order valence-electron chi connectivity index (χ3n) is 1.61. The molecule has 1 aromatic carbocycles. The molecule has 0 spiro atoms. The van der Waals surface area contributed by atoms with Crippen LogP contribution in [0.3, 0.4) is 0 Å². The second-order valence-electron chi connectivity index (χ2n) is 2.74. The van der Waals surface area contributed by atoms with Gasteiger partial charge < -0.3 is 0 Å². The van der Waals surface area contributed by atoms with E-state index in [9.17, 15) is 8.42 Å². The molecular formula is C8H11NaO3S. The summed E-state index contributed by atoms with van der Waals surface area (Å²) >= 11 is 0. The summed E-state index contributed by atoms with van der Waals surface area (Å²) in [7, 11) is -4.05. The molecule has 0 bridgehead atoms. The van der Waals surface area contributed by atoms with Crippen molar-refractivity contribution in [3.63, 3.8) is 0 Å². The Balaban J connectivity index is 0.00000144.